The zero-order valence-electron chi connectivity index (χ0n) is 10.0. The van der Waals surface area contributed by atoms with E-state index in [4.69, 9.17) is 4.74 Å². The standard InChI is InChI=1S/C15H18O2/c16-15-10-13(11-6-2-1-3-7-11)12-8-4-5-9-14(12)17-15/h4-5,8-9,11,13H,1-3,6-7,10H2/t13-/m0/s1. The van der Waals surface area contributed by atoms with Gasteiger partial charge in [-0.3, -0.25) is 4.79 Å². The van der Waals surface area contributed by atoms with Crippen molar-refractivity contribution in [2.75, 3.05) is 0 Å². The Morgan fingerprint density at radius 3 is 2.65 bits per heavy atom. The number of carbonyl (C=O) groups is 1. The monoisotopic (exact) mass is 230 g/mol. The maximum absolute atomic E-state index is 11.7. The summed E-state index contributed by atoms with van der Waals surface area (Å²) < 4.78 is 5.31. The van der Waals surface area contributed by atoms with Crippen molar-refractivity contribution in [2.45, 2.75) is 44.4 Å². The number of hydrogen-bond acceptors (Lipinski definition) is 2. The number of rotatable bonds is 1. The van der Waals surface area contributed by atoms with E-state index in [0.29, 0.717) is 18.3 Å². The van der Waals surface area contributed by atoms with Gasteiger partial charge in [-0.1, -0.05) is 37.5 Å². The van der Waals surface area contributed by atoms with Gasteiger partial charge in [-0.2, -0.15) is 0 Å². The number of benzene rings is 1. The third-order valence-corrected chi connectivity index (χ3v) is 4.15. The summed E-state index contributed by atoms with van der Waals surface area (Å²) in [4.78, 5) is 11.7. The molecule has 2 heteroatoms. The van der Waals surface area contributed by atoms with Crippen molar-refractivity contribution in [1.82, 2.24) is 0 Å². The van der Waals surface area contributed by atoms with Crippen molar-refractivity contribution in [1.29, 1.82) is 0 Å². The smallest absolute Gasteiger partial charge is 0.311 e. The summed E-state index contributed by atoms with van der Waals surface area (Å²) in [5.41, 5.74) is 1.25. The average Bonchev–Trinajstić information content (AvgIpc) is 2.39. The minimum Gasteiger partial charge on any atom is -0.426 e. The summed E-state index contributed by atoms with van der Waals surface area (Å²) >= 11 is 0. The number of ether oxygens (including phenoxy) is 1. The molecule has 0 N–H and O–H groups in total. The molecule has 1 aliphatic heterocycles. The maximum Gasteiger partial charge on any atom is 0.311 e. The zero-order chi connectivity index (χ0) is 11.7. The quantitative estimate of drug-likeness (QED) is 0.543. The lowest BCUT2D eigenvalue weighted by Gasteiger charge is -2.33. The van der Waals surface area contributed by atoms with Crippen LogP contribution in [0.4, 0.5) is 0 Å². The number of para-hydroxylation sites is 1. The summed E-state index contributed by atoms with van der Waals surface area (Å²) in [6.45, 7) is 0. The van der Waals surface area contributed by atoms with Crippen LogP contribution in [-0.4, -0.2) is 5.97 Å². The molecule has 1 aliphatic carbocycles. The van der Waals surface area contributed by atoms with Gasteiger partial charge >= 0.3 is 5.97 Å². The van der Waals surface area contributed by atoms with Crippen LogP contribution in [0.5, 0.6) is 5.75 Å². The van der Waals surface area contributed by atoms with Gasteiger partial charge in [0, 0.05) is 5.92 Å². The number of fused-ring (bicyclic) bond motifs is 1. The van der Waals surface area contributed by atoms with Crippen molar-refractivity contribution in [2.24, 2.45) is 5.92 Å². The minimum atomic E-state index is -0.0562. The fourth-order valence-electron chi connectivity index (χ4n) is 3.29. The van der Waals surface area contributed by atoms with Crippen molar-refractivity contribution in [3.05, 3.63) is 29.8 Å². The lowest BCUT2D eigenvalue weighted by molar-refractivity contribution is -0.136. The molecule has 1 aromatic rings. The highest BCUT2D eigenvalue weighted by molar-refractivity contribution is 5.76. The van der Waals surface area contributed by atoms with Crippen molar-refractivity contribution in [3.63, 3.8) is 0 Å². The van der Waals surface area contributed by atoms with Gasteiger partial charge in [0.05, 0.1) is 6.42 Å². The molecule has 0 bridgehead atoms. The van der Waals surface area contributed by atoms with E-state index in [1.54, 1.807) is 0 Å². The van der Waals surface area contributed by atoms with Crippen molar-refractivity contribution in [3.8, 4) is 5.75 Å². The van der Waals surface area contributed by atoms with Gasteiger partial charge < -0.3 is 4.74 Å². The molecule has 0 unspecified atom stereocenters. The van der Waals surface area contributed by atoms with Gasteiger partial charge in [0.2, 0.25) is 0 Å². The SMILES string of the molecule is O=C1C[C@@H](C2CCCCC2)c2ccccc2O1. The molecule has 17 heavy (non-hydrogen) atoms. The van der Waals surface area contributed by atoms with E-state index in [1.165, 1.54) is 37.7 Å². The van der Waals surface area contributed by atoms with Crippen LogP contribution < -0.4 is 4.74 Å². The molecule has 3 rings (SSSR count). The average molecular weight is 230 g/mol. The topological polar surface area (TPSA) is 26.3 Å². The van der Waals surface area contributed by atoms with Crippen LogP contribution in [0.15, 0.2) is 24.3 Å². The van der Waals surface area contributed by atoms with E-state index in [0.717, 1.165) is 5.75 Å². The van der Waals surface area contributed by atoms with Gasteiger partial charge in [0.25, 0.3) is 0 Å². The molecule has 1 fully saturated rings. The Bertz CT molecular complexity index is 419. The number of esters is 1. The van der Waals surface area contributed by atoms with E-state index >= 15 is 0 Å². The summed E-state index contributed by atoms with van der Waals surface area (Å²) in [5.74, 6) is 1.81. The Morgan fingerprint density at radius 1 is 1.06 bits per heavy atom. The molecule has 0 radical (unpaired) electrons. The lowest BCUT2D eigenvalue weighted by Crippen LogP contribution is -2.26. The Labute approximate surface area is 102 Å². The first-order valence-corrected chi connectivity index (χ1v) is 6.64. The normalized spacial score (nSPS) is 25.2. The summed E-state index contributed by atoms with van der Waals surface area (Å²) in [7, 11) is 0. The number of hydrogen-bond donors (Lipinski definition) is 0. The summed E-state index contributed by atoms with van der Waals surface area (Å²) in [6, 6.07) is 8.03. The van der Waals surface area contributed by atoms with Crippen LogP contribution in [0.3, 0.4) is 0 Å². The van der Waals surface area contributed by atoms with E-state index in [2.05, 4.69) is 6.07 Å². The second-order valence-corrected chi connectivity index (χ2v) is 5.22. The molecule has 1 heterocycles. The second kappa shape index (κ2) is 4.52. The summed E-state index contributed by atoms with van der Waals surface area (Å²) in [6.07, 6.45) is 7.10. The fraction of sp³-hybridized carbons (Fsp3) is 0.533. The molecule has 2 nitrogen and oxygen atoms in total. The summed E-state index contributed by atoms with van der Waals surface area (Å²) in [5, 5.41) is 0. The fourth-order valence-corrected chi connectivity index (χ4v) is 3.29. The maximum atomic E-state index is 11.7. The van der Waals surface area contributed by atoms with E-state index in [1.807, 2.05) is 18.2 Å². The Kier molecular flexibility index (Phi) is 2.87. The molecule has 1 saturated carbocycles. The van der Waals surface area contributed by atoms with E-state index in [9.17, 15) is 4.79 Å². The molecule has 0 amide bonds. The predicted octanol–water partition coefficient (Wildman–Crippen LogP) is 3.66. The first-order valence-electron chi connectivity index (χ1n) is 6.64. The molecule has 90 valence electrons. The Hall–Kier alpha value is -1.31. The molecule has 2 aliphatic rings. The number of carbonyl (C=O) groups excluding carboxylic acids is 1. The highest BCUT2D eigenvalue weighted by Crippen LogP contribution is 2.43. The highest BCUT2D eigenvalue weighted by atomic mass is 16.5. The second-order valence-electron chi connectivity index (χ2n) is 5.22. The first kappa shape index (κ1) is 10.8. The first-order chi connectivity index (χ1) is 8.34. The predicted molar refractivity (Wildman–Crippen MR) is 66.0 cm³/mol. The molecular formula is C15H18O2. The Balaban J connectivity index is 1.91. The third-order valence-electron chi connectivity index (χ3n) is 4.15. The van der Waals surface area contributed by atoms with Crippen molar-refractivity contribution < 1.29 is 9.53 Å². The Morgan fingerprint density at radius 2 is 1.82 bits per heavy atom. The molecule has 1 aromatic carbocycles. The van der Waals surface area contributed by atoms with Gasteiger partial charge in [-0.25, -0.2) is 0 Å². The van der Waals surface area contributed by atoms with Crippen LogP contribution in [0.25, 0.3) is 0 Å². The highest BCUT2D eigenvalue weighted by Gasteiger charge is 2.33. The third kappa shape index (κ3) is 2.08. The van der Waals surface area contributed by atoms with Gasteiger partial charge in [-0.05, 0) is 30.4 Å². The van der Waals surface area contributed by atoms with E-state index < -0.39 is 0 Å². The largest absolute Gasteiger partial charge is 0.426 e. The van der Waals surface area contributed by atoms with Crippen LogP contribution in [0, 0.1) is 5.92 Å². The van der Waals surface area contributed by atoms with Gasteiger partial charge in [0.1, 0.15) is 5.75 Å². The van der Waals surface area contributed by atoms with Crippen molar-refractivity contribution >= 4 is 5.97 Å². The molecule has 0 saturated heterocycles. The van der Waals surface area contributed by atoms with Crippen LogP contribution in [0.2, 0.25) is 0 Å². The molecule has 1 atom stereocenters. The lowest BCUT2D eigenvalue weighted by atomic mass is 9.74. The zero-order valence-corrected chi connectivity index (χ0v) is 10.0. The van der Waals surface area contributed by atoms with E-state index in [-0.39, 0.29) is 5.97 Å². The molecule has 0 aromatic heterocycles. The van der Waals surface area contributed by atoms with Crippen LogP contribution in [0.1, 0.15) is 50.0 Å². The van der Waals surface area contributed by atoms with Gasteiger partial charge in [-0.15, -0.1) is 0 Å². The van der Waals surface area contributed by atoms with Gasteiger partial charge in [0.15, 0.2) is 0 Å². The van der Waals surface area contributed by atoms with Crippen LogP contribution >= 0.6 is 0 Å². The molecular weight excluding hydrogens is 212 g/mol. The van der Waals surface area contributed by atoms with Crippen LogP contribution in [-0.2, 0) is 4.79 Å². The molecule has 0 spiro atoms. The minimum absolute atomic E-state index is 0.0562.